The molecule has 2 aliphatic rings. The maximum atomic E-state index is 13.0. The van der Waals surface area contributed by atoms with Crippen LogP contribution in [0.25, 0.3) is 22.0 Å². The van der Waals surface area contributed by atoms with Gasteiger partial charge in [0.05, 0.1) is 36.9 Å². The topological polar surface area (TPSA) is 145 Å². The quantitative estimate of drug-likeness (QED) is 0.0444. The number of rotatable bonds is 20. The second-order valence-corrected chi connectivity index (χ2v) is 24.4. The van der Waals surface area contributed by atoms with Gasteiger partial charge >= 0.3 is 6.09 Å². The molecule has 1 aromatic heterocycles. The van der Waals surface area contributed by atoms with Crippen molar-refractivity contribution in [2.75, 3.05) is 64.8 Å². The van der Waals surface area contributed by atoms with E-state index < -0.39 is 8.32 Å². The molecule has 1 aliphatic carbocycles. The fourth-order valence-electron chi connectivity index (χ4n) is 9.13. The van der Waals surface area contributed by atoms with Crippen LogP contribution in [0, 0.1) is 11.8 Å². The van der Waals surface area contributed by atoms with E-state index in [1.54, 1.807) is 17.0 Å². The van der Waals surface area contributed by atoms with Crippen molar-refractivity contribution in [1.82, 2.24) is 20.1 Å². The highest BCUT2D eigenvalue weighted by atomic mass is 28.4. The van der Waals surface area contributed by atoms with Crippen LogP contribution in [-0.4, -0.2) is 106 Å². The number of hydrogen-bond acceptors (Lipinski definition) is 9. The summed E-state index contributed by atoms with van der Waals surface area (Å²) in [7, 11) is -0.392. The molecule has 2 heterocycles. The standard InChI is InChI=1S/C53H69N5O7Si/c1-53(2,3)66(5,6)65-48(44-19-21-47(59)51-45(44)20-22-49(60)56-51)34-54-26-28-57(4)50(61)25-30-63-29-24-38-14-12-13-37(31-38)23-27-58-35-40-32-42(33-41(40)36-58)64-52(62)55-46-18-11-10-17-43(46)39-15-8-7-9-16-39/h7-22,31,40-42,48,54,59H,23-30,32-36H2,1-6H3,(H,55,62)(H,56,60)/t40?,41?,42?,48-/m0/s1. The first-order valence-electron chi connectivity index (χ1n) is 23.6. The molecule has 5 aromatic rings. The number of amides is 2. The first kappa shape index (κ1) is 48.6. The zero-order valence-electron chi connectivity index (χ0n) is 39.6. The lowest BCUT2D eigenvalue weighted by Crippen LogP contribution is -2.44. The summed E-state index contributed by atoms with van der Waals surface area (Å²) in [6, 6.07) is 33.3. The molecule has 1 saturated heterocycles. The van der Waals surface area contributed by atoms with Crippen molar-refractivity contribution in [3.05, 3.63) is 130 Å². The number of H-pyrrole nitrogens is 1. The van der Waals surface area contributed by atoms with Gasteiger partial charge in [-0.2, -0.15) is 0 Å². The van der Waals surface area contributed by atoms with E-state index in [1.807, 2.05) is 67.7 Å². The van der Waals surface area contributed by atoms with Gasteiger partial charge in [0.25, 0.3) is 0 Å². The molecule has 1 aliphatic heterocycles. The first-order valence-corrected chi connectivity index (χ1v) is 26.5. The summed E-state index contributed by atoms with van der Waals surface area (Å²) in [4.78, 5) is 45.1. The average molecular weight is 916 g/mol. The Bertz CT molecular complexity index is 2460. The molecule has 1 saturated carbocycles. The number of nitrogens with zero attached hydrogens (tertiary/aromatic N) is 2. The van der Waals surface area contributed by atoms with Gasteiger partial charge in [-0.05, 0) is 96.1 Å². The number of para-hydroxylation sites is 1. The molecule has 3 atom stereocenters. The van der Waals surface area contributed by atoms with E-state index >= 15 is 0 Å². The van der Waals surface area contributed by atoms with Crippen LogP contribution in [0.3, 0.4) is 0 Å². The van der Waals surface area contributed by atoms with E-state index in [0.717, 1.165) is 73.1 Å². The number of benzene rings is 4. The number of anilines is 1. The molecule has 0 radical (unpaired) electrons. The molecule has 2 unspecified atom stereocenters. The summed E-state index contributed by atoms with van der Waals surface area (Å²) in [6.07, 6.45) is 3.13. The summed E-state index contributed by atoms with van der Waals surface area (Å²) in [6.45, 7) is 16.6. The highest BCUT2D eigenvalue weighted by molar-refractivity contribution is 6.74. The Balaban J connectivity index is 0.779. The molecule has 352 valence electrons. The van der Waals surface area contributed by atoms with Crippen molar-refractivity contribution >= 4 is 36.9 Å². The van der Waals surface area contributed by atoms with Gasteiger partial charge in [-0.1, -0.05) is 99.6 Å². The Morgan fingerprint density at radius 1 is 0.894 bits per heavy atom. The second kappa shape index (κ2) is 22.0. The lowest BCUT2D eigenvalue weighted by molar-refractivity contribution is -0.131. The lowest BCUT2D eigenvalue weighted by Gasteiger charge is -2.39. The average Bonchev–Trinajstić information content (AvgIpc) is 3.85. The van der Waals surface area contributed by atoms with Gasteiger partial charge < -0.3 is 39.1 Å². The number of carbonyl (C=O) groups is 2. The fraction of sp³-hybridized carbons (Fsp3) is 0.453. The maximum absolute atomic E-state index is 13.0. The van der Waals surface area contributed by atoms with Crippen LogP contribution in [0.4, 0.5) is 10.5 Å². The number of aromatic nitrogens is 1. The van der Waals surface area contributed by atoms with Crippen LogP contribution in [-0.2, 0) is 31.5 Å². The molecule has 2 fully saturated rings. The predicted molar refractivity (Wildman–Crippen MR) is 265 cm³/mol. The third kappa shape index (κ3) is 12.8. The summed E-state index contributed by atoms with van der Waals surface area (Å²) in [5, 5.41) is 17.7. The Morgan fingerprint density at radius 2 is 1.61 bits per heavy atom. The Hall–Kier alpha value is -5.31. The molecule has 2 amide bonds. The molecular formula is C53H69N5O7Si. The minimum Gasteiger partial charge on any atom is -0.506 e. The minimum atomic E-state index is -2.21. The van der Waals surface area contributed by atoms with Gasteiger partial charge in [0, 0.05) is 63.3 Å². The monoisotopic (exact) mass is 915 g/mol. The van der Waals surface area contributed by atoms with Crippen LogP contribution in [0.5, 0.6) is 5.75 Å². The third-order valence-corrected chi connectivity index (χ3v) is 18.4. The molecule has 13 heteroatoms. The van der Waals surface area contributed by atoms with Gasteiger partial charge in [0.1, 0.15) is 11.9 Å². The smallest absolute Gasteiger partial charge is 0.411 e. The van der Waals surface area contributed by atoms with Gasteiger partial charge in [-0.25, -0.2) is 4.79 Å². The number of hydrogen-bond donors (Lipinski definition) is 4. The number of ether oxygens (including phenoxy) is 2. The van der Waals surface area contributed by atoms with Crippen molar-refractivity contribution in [3.8, 4) is 16.9 Å². The molecule has 66 heavy (non-hydrogen) atoms. The van der Waals surface area contributed by atoms with Crippen LogP contribution in [0.15, 0.2) is 108 Å². The van der Waals surface area contributed by atoms with Gasteiger partial charge in [0.15, 0.2) is 8.32 Å². The number of pyridine rings is 1. The van der Waals surface area contributed by atoms with E-state index in [9.17, 15) is 19.5 Å². The number of phenols is 1. The summed E-state index contributed by atoms with van der Waals surface area (Å²) >= 11 is 0. The van der Waals surface area contributed by atoms with E-state index in [-0.39, 0.29) is 40.6 Å². The maximum Gasteiger partial charge on any atom is 0.411 e. The Kier molecular flexibility index (Phi) is 16.2. The number of likely N-dealkylation sites (N-methyl/N-ethyl adjacent to an activating group) is 1. The molecule has 0 spiro atoms. The van der Waals surface area contributed by atoms with Crippen molar-refractivity contribution in [2.24, 2.45) is 11.8 Å². The molecule has 4 N–H and O–H groups in total. The first-order chi connectivity index (χ1) is 31.6. The zero-order chi connectivity index (χ0) is 46.8. The number of aromatic amines is 1. The van der Waals surface area contributed by atoms with Gasteiger partial charge in [-0.3, -0.25) is 14.9 Å². The number of phenolic OH excluding ortho intramolecular Hbond substituents is 1. The molecule has 12 nitrogen and oxygen atoms in total. The fourth-order valence-corrected chi connectivity index (χ4v) is 10.4. The van der Waals surface area contributed by atoms with Gasteiger partial charge in [0.2, 0.25) is 11.5 Å². The van der Waals surface area contributed by atoms with Crippen molar-refractivity contribution in [2.45, 2.75) is 83.2 Å². The van der Waals surface area contributed by atoms with Crippen LogP contribution < -0.4 is 16.2 Å². The van der Waals surface area contributed by atoms with Crippen LogP contribution >= 0.6 is 0 Å². The van der Waals surface area contributed by atoms with Crippen LogP contribution in [0.1, 0.15) is 62.8 Å². The second-order valence-electron chi connectivity index (χ2n) is 19.7. The zero-order valence-corrected chi connectivity index (χ0v) is 40.6. The number of fused-ring (bicyclic) bond motifs is 2. The highest BCUT2D eigenvalue weighted by Crippen LogP contribution is 2.42. The molecule has 7 rings (SSSR count). The number of likely N-dealkylation sites (tertiary alicyclic amines) is 1. The lowest BCUT2D eigenvalue weighted by atomic mass is 10.0. The highest BCUT2D eigenvalue weighted by Gasteiger charge is 2.42. The van der Waals surface area contributed by atoms with E-state index in [0.29, 0.717) is 56.6 Å². The van der Waals surface area contributed by atoms with E-state index in [1.165, 1.54) is 17.2 Å². The third-order valence-electron chi connectivity index (χ3n) is 13.9. The Morgan fingerprint density at radius 3 is 2.35 bits per heavy atom. The number of nitrogens with one attached hydrogen (secondary N) is 3. The Labute approximate surface area is 391 Å². The number of carbonyl (C=O) groups excluding carboxylic acids is 2. The van der Waals surface area contributed by atoms with E-state index in [4.69, 9.17) is 13.9 Å². The minimum absolute atomic E-state index is 0.0187. The summed E-state index contributed by atoms with van der Waals surface area (Å²) in [5.41, 5.74) is 6.34. The normalized spacial score (nSPS) is 18.0. The molecule has 4 aromatic carbocycles. The SMILES string of the molecule is CN(CCNC[C@H](O[Si](C)(C)C(C)(C)C)c1ccc(O)c2[nH]c(=O)ccc12)C(=O)CCOCCc1cccc(CCN2CC3CC(OC(=O)Nc4ccccc4-c4ccccc4)CC3C2)c1. The van der Waals surface area contributed by atoms with Crippen molar-refractivity contribution < 1.29 is 28.6 Å². The number of aromatic hydroxyl groups is 1. The van der Waals surface area contributed by atoms with E-state index in [2.05, 4.69) is 78.6 Å². The predicted octanol–water partition coefficient (Wildman–Crippen LogP) is 9.16. The molecule has 0 bridgehead atoms. The summed E-state index contributed by atoms with van der Waals surface area (Å²) < 4.78 is 18.8. The van der Waals surface area contributed by atoms with Crippen molar-refractivity contribution in [3.63, 3.8) is 0 Å². The van der Waals surface area contributed by atoms with Crippen molar-refractivity contribution in [1.29, 1.82) is 0 Å². The van der Waals surface area contributed by atoms with Gasteiger partial charge in [-0.15, -0.1) is 0 Å². The summed E-state index contributed by atoms with van der Waals surface area (Å²) in [5.74, 6) is 1.14. The molecular weight excluding hydrogens is 847 g/mol. The largest absolute Gasteiger partial charge is 0.506 e. The van der Waals surface area contributed by atoms with Crippen LogP contribution in [0.2, 0.25) is 18.1 Å².